The topological polar surface area (TPSA) is 96.4 Å². The van der Waals surface area contributed by atoms with E-state index in [1.54, 1.807) is 19.1 Å². The van der Waals surface area contributed by atoms with Crippen LogP contribution in [0.4, 0.5) is 19.0 Å². The maximum atomic E-state index is 12.2. The molecule has 0 fully saturated rings. The molecule has 0 aliphatic rings. The van der Waals surface area contributed by atoms with Crippen molar-refractivity contribution in [1.29, 1.82) is 0 Å². The van der Waals surface area contributed by atoms with Crippen LogP contribution >= 0.6 is 0 Å². The highest BCUT2D eigenvalue weighted by molar-refractivity contribution is 5.92. The van der Waals surface area contributed by atoms with Gasteiger partial charge in [0.25, 0.3) is 5.91 Å². The standard InChI is InChI=1S/C16H17F3N4O3/c1-10(11-4-5-20-14(6-11)22-9-24)23-15(25)13-3-2-12(7-21-13)26-8-16(17,18)19/h2-7,10,24H,8-9H2,1H3,(H,20,22)(H,23,25). The second kappa shape index (κ2) is 8.48. The van der Waals surface area contributed by atoms with Gasteiger partial charge in [-0.15, -0.1) is 0 Å². The van der Waals surface area contributed by atoms with E-state index in [0.717, 1.165) is 11.8 Å². The van der Waals surface area contributed by atoms with Crippen LogP contribution in [0.5, 0.6) is 5.75 Å². The second-order valence-electron chi connectivity index (χ2n) is 5.29. The van der Waals surface area contributed by atoms with Crippen molar-refractivity contribution in [2.45, 2.75) is 19.1 Å². The summed E-state index contributed by atoms with van der Waals surface area (Å²) in [6.07, 6.45) is -1.86. The number of ether oxygens (including phenoxy) is 1. The number of nitrogens with zero attached hydrogens (tertiary/aromatic N) is 2. The van der Waals surface area contributed by atoms with Crippen molar-refractivity contribution < 1.29 is 27.8 Å². The summed E-state index contributed by atoms with van der Waals surface area (Å²) in [5.41, 5.74) is 0.786. The van der Waals surface area contributed by atoms with Gasteiger partial charge in [0, 0.05) is 6.20 Å². The van der Waals surface area contributed by atoms with Crippen LogP contribution in [0.2, 0.25) is 0 Å². The fraction of sp³-hybridized carbons (Fsp3) is 0.312. The number of carbonyl (C=O) groups is 1. The number of hydrogen-bond acceptors (Lipinski definition) is 6. The maximum absolute atomic E-state index is 12.2. The number of anilines is 1. The van der Waals surface area contributed by atoms with E-state index >= 15 is 0 Å². The highest BCUT2D eigenvalue weighted by Gasteiger charge is 2.28. The molecule has 0 aliphatic carbocycles. The van der Waals surface area contributed by atoms with E-state index in [0.29, 0.717) is 5.82 Å². The van der Waals surface area contributed by atoms with Gasteiger partial charge in [0.1, 0.15) is 24.0 Å². The summed E-state index contributed by atoms with van der Waals surface area (Å²) in [5, 5.41) is 14.2. The quantitative estimate of drug-likeness (QED) is 0.647. The average molecular weight is 370 g/mol. The molecule has 0 saturated carbocycles. The number of alkyl halides is 3. The molecule has 0 spiro atoms. The highest BCUT2D eigenvalue weighted by atomic mass is 19.4. The first kappa shape index (κ1) is 19.4. The first-order chi connectivity index (χ1) is 12.3. The van der Waals surface area contributed by atoms with Crippen LogP contribution in [0.1, 0.15) is 29.0 Å². The number of pyridine rings is 2. The van der Waals surface area contributed by atoms with E-state index in [4.69, 9.17) is 5.11 Å². The Morgan fingerprint density at radius 1 is 1.31 bits per heavy atom. The highest BCUT2D eigenvalue weighted by Crippen LogP contribution is 2.19. The van der Waals surface area contributed by atoms with Crippen molar-refractivity contribution in [3.8, 4) is 5.75 Å². The van der Waals surface area contributed by atoms with Crippen LogP contribution < -0.4 is 15.4 Å². The molecule has 0 radical (unpaired) electrons. The molecule has 0 aromatic carbocycles. The molecule has 1 amide bonds. The van der Waals surface area contributed by atoms with Crippen LogP contribution in [-0.2, 0) is 0 Å². The van der Waals surface area contributed by atoms with Gasteiger partial charge in [0.15, 0.2) is 6.61 Å². The van der Waals surface area contributed by atoms with Crippen molar-refractivity contribution in [2.24, 2.45) is 0 Å². The molecule has 0 aliphatic heterocycles. The Morgan fingerprint density at radius 3 is 2.69 bits per heavy atom. The normalized spacial score (nSPS) is 12.3. The second-order valence-corrected chi connectivity index (χ2v) is 5.29. The molecular formula is C16H17F3N4O3. The Balaban J connectivity index is 1.97. The summed E-state index contributed by atoms with van der Waals surface area (Å²) in [4.78, 5) is 20.0. The minimum absolute atomic E-state index is 0.0407. The fourth-order valence-corrected chi connectivity index (χ4v) is 2.01. The summed E-state index contributed by atoms with van der Waals surface area (Å²) in [5.74, 6) is -0.121. The predicted octanol–water partition coefficient (Wildman–Crippen LogP) is 2.27. The van der Waals surface area contributed by atoms with E-state index in [1.165, 1.54) is 18.3 Å². The summed E-state index contributed by atoms with van der Waals surface area (Å²) >= 11 is 0. The van der Waals surface area contributed by atoms with Gasteiger partial charge in [0.2, 0.25) is 0 Å². The van der Waals surface area contributed by atoms with E-state index in [2.05, 4.69) is 25.3 Å². The lowest BCUT2D eigenvalue weighted by Crippen LogP contribution is -2.27. The Bertz CT molecular complexity index is 738. The van der Waals surface area contributed by atoms with Crippen molar-refractivity contribution in [3.05, 3.63) is 47.9 Å². The molecule has 0 bridgehead atoms. The molecule has 1 atom stereocenters. The Kier molecular flexibility index (Phi) is 6.34. The number of rotatable bonds is 7. The lowest BCUT2D eigenvalue weighted by molar-refractivity contribution is -0.153. The van der Waals surface area contributed by atoms with Gasteiger partial charge in [-0.1, -0.05) is 0 Å². The first-order valence-electron chi connectivity index (χ1n) is 7.55. The van der Waals surface area contributed by atoms with Gasteiger partial charge < -0.3 is 20.5 Å². The third-order valence-electron chi connectivity index (χ3n) is 3.26. The van der Waals surface area contributed by atoms with Crippen LogP contribution in [0.15, 0.2) is 36.7 Å². The number of hydrogen-bond donors (Lipinski definition) is 3. The SMILES string of the molecule is CC(NC(=O)c1ccc(OCC(F)(F)F)cn1)c1ccnc(NCO)c1. The number of aliphatic hydroxyl groups excluding tert-OH is 1. The summed E-state index contributed by atoms with van der Waals surface area (Å²) < 4.78 is 40.8. The molecule has 2 heterocycles. The summed E-state index contributed by atoms with van der Waals surface area (Å²) in [6, 6.07) is 5.51. The molecule has 2 aromatic heterocycles. The molecule has 1 unspecified atom stereocenters. The zero-order valence-electron chi connectivity index (χ0n) is 13.7. The Morgan fingerprint density at radius 2 is 2.08 bits per heavy atom. The van der Waals surface area contributed by atoms with Crippen LogP contribution in [0.25, 0.3) is 0 Å². The average Bonchev–Trinajstić information content (AvgIpc) is 2.60. The molecular weight excluding hydrogens is 353 g/mol. The van der Waals surface area contributed by atoms with Gasteiger partial charge in [-0.25, -0.2) is 9.97 Å². The lowest BCUT2D eigenvalue weighted by atomic mass is 10.1. The number of aromatic nitrogens is 2. The number of amides is 1. The minimum Gasteiger partial charge on any atom is -0.483 e. The smallest absolute Gasteiger partial charge is 0.422 e. The number of aliphatic hydroxyl groups is 1. The molecule has 2 aromatic rings. The van der Waals surface area contributed by atoms with Crippen molar-refractivity contribution in [1.82, 2.24) is 15.3 Å². The van der Waals surface area contributed by atoms with Gasteiger partial charge >= 0.3 is 6.18 Å². The molecule has 10 heteroatoms. The molecule has 140 valence electrons. The summed E-state index contributed by atoms with van der Waals surface area (Å²) in [6.45, 7) is 0.0458. The van der Waals surface area contributed by atoms with Gasteiger partial charge in [-0.05, 0) is 36.8 Å². The molecule has 3 N–H and O–H groups in total. The summed E-state index contributed by atoms with van der Waals surface area (Å²) in [7, 11) is 0. The zero-order chi connectivity index (χ0) is 19.2. The number of nitrogens with one attached hydrogen (secondary N) is 2. The first-order valence-corrected chi connectivity index (χ1v) is 7.55. The van der Waals surface area contributed by atoms with E-state index in [-0.39, 0.29) is 24.2 Å². The van der Waals surface area contributed by atoms with Crippen LogP contribution in [0.3, 0.4) is 0 Å². The molecule has 2 rings (SSSR count). The van der Waals surface area contributed by atoms with E-state index in [9.17, 15) is 18.0 Å². The van der Waals surface area contributed by atoms with Gasteiger partial charge in [-0.2, -0.15) is 13.2 Å². The maximum Gasteiger partial charge on any atom is 0.422 e. The monoisotopic (exact) mass is 370 g/mol. The lowest BCUT2D eigenvalue weighted by Gasteiger charge is -2.15. The van der Waals surface area contributed by atoms with E-state index < -0.39 is 18.7 Å². The Hall–Kier alpha value is -2.88. The number of carbonyl (C=O) groups excluding carboxylic acids is 1. The van der Waals surface area contributed by atoms with Crippen molar-refractivity contribution in [2.75, 3.05) is 18.7 Å². The third-order valence-corrected chi connectivity index (χ3v) is 3.26. The number of halogens is 3. The molecule has 0 saturated heterocycles. The third kappa shape index (κ3) is 5.88. The molecule has 7 nitrogen and oxygen atoms in total. The predicted molar refractivity (Wildman–Crippen MR) is 86.6 cm³/mol. The van der Waals surface area contributed by atoms with Gasteiger partial charge in [-0.3, -0.25) is 4.79 Å². The largest absolute Gasteiger partial charge is 0.483 e. The van der Waals surface area contributed by atoms with E-state index in [1.807, 2.05) is 0 Å². The Labute approximate surface area is 147 Å². The van der Waals surface area contributed by atoms with Gasteiger partial charge in [0.05, 0.1) is 12.2 Å². The van der Waals surface area contributed by atoms with Crippen molar-refractivity contribution >= 4 is 11.7 Å². The zero-order valence-corrected chi connectivity index (χ0v) is 13.7. The fourth-order valence-electron chi connectivity index (χ4n) is 2.01. The van der Waals surface area contributed by atoms with Crippen LogP contribution in [0, 0.1) is 0 Å². The van der Waals surface area contributed by atoms with Crippen LogP contribution in [-0.4, -0.2) is 40.5 Å². The minimum atomic E-state index is -4.44. The molecule has 26 heavy (non-hydrogen) atoms. The van der Waals surface area contributed by atoms with Crippen molar-refractivity contribution in [3.63, 3.8) is 0 Å².